The summed E-state index contributed by atoms with van der Waals surface area (Å²) in [5.74, 6) is 0. The van der Waals surface area contributed by atoms with Gasteiger partial charge >= 0.3 is 0 Å². The Labute approximate surface area is 93.1 Å². The first kappa shape index (κ1) is 9.93. The number of thiazole rings is 1. The highest BCUT2D eigenvalue weighted by molar-refractivity contribution is 7.19. The summed E-state index contributed by atoms with van der Waals surface area (Å²) in [7, 11) is 0. The molecule has 0 radical (unpaired) electrons. The lowest BCUT2D eigenvalue weighted by Gasteiger charge is -1.97. The predicted molar refractivity (Wildman–Crippen MR) is 66.7 cm³/mol. The van der Waals surface area contributed by atoms with Gasteiger partial charge in [0.25, 0.3) is 0 Å². The molecule has 0 aliphatic heterocycles. The Morgan fingerprint density at radius 2 is 2.00 bits per heavy atom. The fraction of sp³-hybridized carbons (Fsp3) is 0.0833. The number of rotatable bonds is 2. The Hall–Kier alpha value is -1.61. The van der Waals surface area contributed by atoms with Crippen LogP contribution in [0.4, 0.5) is 5.13 Å². The van der Waals surface area contributed by atoms with E-state index in [4.69, 9.17) is 5.73 Å². The van der Waals surface area contributed by atoms with Gasteiger partial charge in [-0.25, -0.2) is 4.98 Å². The van der Waals surface area contributed by atoms with Crippen LogP contribution in [0.25, 0.3) is 16.5 Å². The van der Waals surface area contributed by atoms with E-state index in [1.165, 1.54) is 16.9 Å². The summed E-state index contributed by atoms with van der Waals surface area (Å²) < 4.78 is 0. The molecule has 76 valence electrons. The quantitative estimate of drug-likeness (QED) is 0.835. The second-order valence-electron chi connectivity index (χ2n) is 3.13. The number of aromatic nitrogens is 1. The maximum absolute atomic E-state index is 5.72. The Morgan fingerprint density at radius 1 is 1.27 bits per heavy atom. The van der Waals surface area contributed by atoms with Crippen molar-refractivity contribution in [2.75, 3.05) is 5.73 Å². The van der Waals surface area contributed by atoms with Crippen molar-refractivity contribution in [1.29, 1.82) is 0 Å². The van der Waals surface area contributed by atoms with Gasteiger partial charge in [0.15, 0.2) is 5.13 Å². The molecular weight excluding hydrogens is 204 g/mol. The van der Waals surface area contributed by atoms with E-state index in [-0.39, 0.29) is 0 Å². The van der Waals surface area contributed by atoms with E-state index in [2.05, 4.69) is 17.1 Å². The van der Waals surface area contributed by atoms with Crippen LogP contribution in [0.5, 0.6) is 0 Å². The third-order valence-electron chi connectivity index (χ3n) is 2.03. The van der Waals surface area contributed by atoms with E-state index in [1.807, 2.05) is 37.3 Å². The summed E-state index contributed by atoms with van der Waals surface area (Å²) in [6, 6.07) is 10.2. The van der Waals surface area contributed by atoms with E-state index in [0.29, 0.717) is 5.13 Å². The molecular formula is C12H12N2S. The first-order chi connectivity index (χ1) is 7.31. The first-order valence-electron chi connectivity index (χ1n) is 4.75. The Bertz CT molecular complexity index is 472. The standard InChI is InChI=1S/C12H12N2S/c1-2-6-10-11(15-12(13)14-10)9-7-4-3-5-8-9/h2-8H,1H3,(H2,13,14)/b6-2+. The highest BCUT2D eigenvalue weighted by Crippen LogP contribution is 2.32. The van der Waals surface area contributed by atoms with Gasteiger partial charge in [0.1, 0.15) is 0 Å². The normalized spacial score (nSPS) is 11.0. The number of nitrogens with zero attached hydrogens (tertiary/aromatic N) is 1. The van der Waals surface area contributed by atoms with Gasteiger partial charge in [-0.05, 0) is 18.6 Å². The molecule has 0 amide bonds. The molecule has 0 spiro atoms. The molecule has 1 aromatic heterocycles. The summed E-state index contributed by atoms with van der Waals surface area (Å²) in [6.45, 7) is 1.98. The van der Waals surface area contributed by atoms with Crippen molar-refractivity contribution in [3.05, 3.63) is 42.1 Å². The maximum atomic E-state index is 5.72. The molecule has 2 nitrogen and oxygen atoms in total. The summed E-state index contributed by atoms with van der Waals surface area (Å²) in [5, 5.41) is 0.613. The van der Waals surface area contributed by atoms with Crippen molar-refractivity contribution in [3.8, 4) is 10.4 Å². The summed E-state index contributed by atoms with van der Waals surface area (Å²) in [6.07, 6.45) is 3.95. The third-order valence-corrected chi connectivity index (χ3v) is 2.98. The van der Waals surface area contributed by atoms with Gasteiger partial charge in [0, 0.05) is 0 Å². The zero-order valence-corrected chi connectivity index (χ0v) is 9.29. The monoisotopic (exact) mass is 216 g/mol. The van der Waals surface area contributed by atoms with E-state index >= 15 is 0 Å². The van der Waals surface area contributed by atoms with Crippen molar-refractivity contribution >= 4 is 22.5 Å². The Morgan fingerprint density at radius 3 is 2.67 bits per heavy atom. The number of anilines is 1. The summed E-state index contributed by atoms with van der Waals surface area (Å²) >= 11 is 1.52. The largest absolute Gasteiger partial charge is 0.375 e. The molecule has 0 aliphatic carbocycles. The molecule has 3 heteroatoms. The zero-order valence-electron chi connectivity index (χ0n) is 8.47. The fourth-order valence-corrected chi connectivity index (χ4v) is 2.24. The lowest BCUT2D eigenvalue weighted by molar-refractivity contribution is 1.38. The number of hydrogen-bond acceptors (Lipinski definition) is 3. The van der Waals surface area contributed by atoms with Crippen LogP contribution in [0.15, 0.2) is 36.4 Å². The average Bonchev–Trinajstić information content (AvgIpc) is 2.62. The average molecular weight is 216 g/mol. The smallest absolute Gasteiger partial charge is 0.181 e. The van der Waals surface area contributed by atoms with Gasteiger partial charge in [-0.1, -0.05) is 47.7 Å². The SMILES string of the molecule is C/C=C/c1nc(N)sc1-c1ccccc1. The van der Waals surface area contributed by atoms with Gasteiger partial charge in [0.05, 0.1) is 10.6 Å². The molecule has 2 rings (SSSR count). The van der Waals surface area contributed by atoms with Gasteiger partial charge in [0.2, 0.25) is 0 Å². The summed E-state index contributed by atoms with van der Waals surface area (Å²) in [4.78, 5) is 5.42. The molecule has 0 saturated heterocycles. The van der Waals surface area contributed by atoms with E-state index in [9.17, 15) is 0 Å². The fourth-order valence-electron chi connectivity index (χ4n) is 1.42. The maximum Gasteiger partial charge on any atom is 0.181 e. The van der Waals surface area contributed by atoms with Crippen LogP contribution in [0, 0.1) is 0 Å². The van der Waals surface area contributed by atoms with Crippen LogP contribution < -0.4 is 5.73 Å². The number of hydrogen-bond donors (Lipinski definition) is 1. The van der Waals surface area contributed by atoms with E-state index in [0.717, 1.165) is 10.6 Å². The Kier molecular flexibility index (Phi) is 2.83. The lowest BCUT2D eigenvalue weighted by atomic mass is 10.1. The van der Waals surface area contributed by atoms with Crippen molar-refractivity contribution in [2.24, 2.45) is 0 Å². The third kappa shape index (κ3) is 2.07. The molecule has 2 N–H and O–H groups in total. The molecule has 15 heavy (non-hydrogen) atoms. The van der Waals surface area contributed by atoms with Crippen LogP contribution in [-0.2, 0) is 0 Å². The molecule has 1 heterocycles. The molecule has 0 bridgehead atoms. The number of benzene rings is 1. The Balaban J connectivity index is 2.52. The lowest BCUT2D eigenvalue weighted by Crippen LogP contribution is -1.81. The molecule has 0 aliphatic rings. The second-order valence-corrected chi connectivity index (χ2v) is 4.16. The molecule has 0 atom stereocenters. The van der Waals surface area contributed by atoms with Crippen molar-refractivity contribution in [3.63, 3.8) is 0 Å². The van der Waals surface area contributed by atoms with Crippen LogP contribution in [-0.4, -0.2) is 4.98 Å². The van der Waals surface area contributed by atoms with Gasteiger partial charge in [-0.3, -0.25) is 0 Å². The minimum Gasteiger partial charge on any atom is -0.375 e. The van der Waals surface area contributed by atoms with Gasteiger partial charge < -0.3 is 5.73 Å². The zero-order chi connectivity index (χ0) is 10.7. The minimum absolute atomic E-state index is 0.613. The number of nitrogens with two attached hydrogens (primary N) is 1. The number of nitrogen functional groups attached to an aromatic ring is 1. The number of allylic oxidation sites excluding steroid dienone is 1. The predicted octanol–water partition coefficient (Wildman–Crippen LogP) is 3.43. The highest BCUT2D eigenvalue weighted by atomic mass is 32.1. The van der Waals surface area contributed by atoms with Crippen molar-refractivity contribution < 1.29 is 0 Å². The molecule has 0 saturated carbocycles. The summed E-state index contributed by atoms with van der Waals surface area (Å²) in [5.41, 5.74) is 7.84. The minimum atomic E-state index is 0.613. The second kappa shape index (κ2) is 4.28. The van der Waals surface area contributed by atoms with Crippen LogP contribution in [0.1, 0.15) is 12.6 Å². The topological polar surface area (TPSA) is 38.9 Å². The van der Waals surface area contributed by atoms with Crippen molar-refractivity contribution in [1.82, 2.24) is 4.98 Å². The van der Waals surface area contributed by atoms with Crippen LogP contribution >= 0.6 is 11.3 Å². The van der Waals surface area contributed by atoms with E-state index in [1.54, 1.807) is 0 Å². The molecule has 0 fully saturated rings. The van der Waals surface area contributed by atoms with Gasteiger partial charge in [-0.2, -0.15) is 0 Å². The molecule has 2 aromatic rings. The van der Waals surface area contributed by atoms with Crippen molar-refractivity contribution in [2.45, 2.75) is 6.92 Å². The molecule has 0 unspecified atom stereocenters. The van der Waals surface area contributed by atoms with Crippen LogP contribution in [0.2, 0.25) is 0 Å². The van der Waals surface area contributed by atoms with Gasteiger partial charge in [-0.15, -0.1) is 0 Å². The first-order valence-corrected chi connectivity index (χ1v) is 5.57. The highest BCUT2D eigenvalue weighted by Gasteiger charge is 2.08. The van der Waals surface area contributed by atoms with E-state index < -0.39 is 0 Å². The molecule has 1 aromatic carbocycles. The van der Waals surface area contributed by atoms with Crippen LogP contribution in [0.3, 0.4) is 0 Å².